The number of aromatic hydroxyl groups is 2. The number of phenolic OH excluding ortho intramolecular Hbond substituents is 2. The van der Waals surface area contributed by atoms with E-state index in [1.54, 1.807) is 0 Å². The average molecular weight is 316 g/mol. The highest BCUT2D eigenvalue weighted by molar-refractivity contribution is 8.13. The van der Waals surface area contributed by atoms with Crippen LogP contribution in [0.25, 0.3) is 0 Å². The number of rotatable bonds is 6. The van der Waals surface area contributed by atoms with Crippen LogP contribution in [0.2, 0.25) is 0 Å². The van der Waals surface area contributed by atoms with Crippen molar-refractivity contribution in [1.29, 1.82) is 0 Å². The van der Waals surface area contributed by atoms with Crippen molar-refractivity contribution in [3.8, 4) is 11.5 Å². The van der Waals surface area contributed by atoms with Crippen molar-refractivity contribution in [2.24, 2.45) is 0 Å². The molecule has 0 aliphatic carbocycles. The lowest BCUT2D eigenvalue weighted by Crippen LogP contribution is -2.19. The highest BCUT2D eigenvalue weighted by atomic mass is 32.2. The van der Waals surface area contributed by atoms with Gasteiger partial charge in [-0.3, -0.25) is 4.79 Å². The van der Waals surface area contributed by atoms with Crippen molar-refractivity contribution in [1.82, 2.24) is 0 Å². The molecule has 0 saturated carbocycles. The molecule has 0 heterocycles. The molecule has 0 fully saturated rings. The second kappa shape index (κ2) is 7.30. The number of carboxylic acid groups (broad SMARTS) is 1. The number of thioether (sulfide) groups is 1. The Morgan fingerprint density at radius 1 is 1.19 bits per heavy atom. The summed E-state index contributed by atoms with van der Waals surface area (Å²) >= 11 is 0.974. The molecule has 1 rings (SSSR count). The standard InChI is InChI=1S/C13H16O7S/c1-6(14)21-3-2-8(15)12(18)11-9(16)4-7(13(19)20)5-10(11)17/h4-5,8,12,15-18H,2-3H2,1H3,(H,19,20). The molecule has 0 spiro atoms. The van der Waals surface area contributed by atoms with E-state index in [1.807, 2.05) is 0 Å². The van der Waals surface area contributed by atoms with E-state index in [4.69, 9.17) is 5.11 Å². The van der Waals surface area contributed by atoms with Crippen LogP contribution >= 0.6 is 11.8 Å². The molecule has 0 bridgehead atoms. The maximum atomic E-state index is 10.8. The molecule has 0 aliphatic heterocycles. The molecular formula is C13H16O7S. The monoisotopic (exact) mass is 316 g/mol. The van der Waals surface area contributed by atoms with Crippen molar-refractivity contribution in [2.45, 2.75) is 25.6 Å². The SMILES string of the molecule is CC(=O)SCCC(O)C(O)c1c(O)cc(C(=O)O)cc1O. The van der Waals surface area contributed by atoms with E-state index in [0.717, 1.165) is 23.9 Å². The molecule has 116 valence electrons. The first-order valence-corrected chi connectivity index (χ1v) is 7.01. The Morgan fingerprint density at radius 2 is 1.71 bits per heavy atom. The molecule has 5 N–H and O–H groups in total. The van der Waals surface area contributed by atoms with Gasteiger partial charge in [-0.05, 0) is 18.6 Å². The van der Waals surface area contributed by atoms with Crippen molar-refractivity contribution in [3.05, 3.63) is 23.3 Å². The third kappa shape index (κ3) is 4.62. The van der Waals surface area contributed by atoms with Crippen LogP contribution in [-0.2, 0) is 4.79 Å². The van der Waals surface area contributed by atoms with Gasteiger partial charge in [-0.1, -0.05) is 11.8 Å². The average Bonchev–Trinajstić information content (AvgIpc) is 2.36. The van der Waals surface area contributed by atoms with E-state index >= 15 is 0 Å². The zero-order chi connectivity index (χ0) is 16.2. The minimum absolute atomic E-state index is 0.0605. The lowest BCUT2D eigenvalue weighted by Gasteiger charge is -2.20. The van der Waals surface area contributed by atoms with Gasteiger partial charge < -0.3 is 25.5 Å². The normalized spacial score (nSPS) is 13.7. The van der Waals surface area contributed by atoms with Crippen molar-refractivity contribution >= 4 is 22.8 Å². The Bertz CT molecular complexity index is 520. The van der Waals surface area contributed by atoms with E-state index in [1.165, 1.54) is 6.92 Å². The van der Waals surface area contributed by atoms with Gasteiger partial charge in [0.15, 0.2) is 5.12 Å². The molecule has 21 heavy (non-hydrogen) atoms. The number of aliphatic hydroxyl groups excluding tert-OH is 2. The maximum Gasteiger partial charge on any atom is 0.335 e. The number of aromatic carboxylic acids is 1. The molecule has 7 nitrogen and oxygen atoms in total. The van der Waals surface area contributed by atoms with Gasteiger partial charge in [0.1, 0.15) is 17.6 Å². The lowest BCUT2D eigenvalue weighted by atomic mass is 9.99. The highest BCUT2D eigenvalue weighted by Gasteiger charge is 2.26. The lowest BCUT2D eigenvalue weighted by molar-refractivity contribution is -0.109. The van der Waals surface area contributed by atoms with Gasteiger partial charge in [0.05, 0.1) is 17.2 Å². The van der Waals surface area contributed by atoms with E-state index in [9.17, 15) is 30.0 Å². The third-order valence-electron chi connectivity index (χ3n) is 2.76. The highest BCUT2D eigenvalue weighted by Crippen LogP contribution is 2.36. The molecule has 8 heteroatoms. The van der Waals surface area contributed by atoms with Crippen LogP contribution in [-0.4, -0.2) is 48.5 Å². The zero-order valence-electron chi connectivity index (χ0n) is 11.2. The fourth-order valence-corrected chi connectivity index (χ4v) is 2.37. The first kappa shape index (κ1) is 17.3. The summed E-state index contributed by atoms with van der Waals surface area (Å²) in [5.74, 6) is -2.33. The number of carbonyl (C=O) groups excluding carboxylic acids is 1. The van der Waals surface area contributed by atoms with Crippen LogP contribution < -0.4 is 0 Å². The van der Waals surface area contributed by atoms with Crippen LogP contribution in [0, 0.1) is 0 Å². The van der Waals surface area contributed by atoms with Crippen molar-refractivity contribution in [2.75, 3.05) is 5.75 Å². The second-order valence-electron chi connectivity index (χ2n) is 4.37. The van der Waals surface area contributed by atoms with E-state index in [2.05, 4.69) is 0 Å². The Hall–Kier alpha value is -1.77. The van der Waals surface area contributed by atoms with Gasteiger partial charge in [-0.25, -0.2) is 4.79 Å². The topological polar surface area (TPSA) is 135 Å². The smallest absolute Gasteiger partial charge is 0.335 e. The molecule has 1 aromatic carbocycles. The Balaban J connectivity index is 2.89. The number of carbonyl (C=O) groups is 2. The molecule has 0 aliphatic rings. The zero-order valence-corrected chi connectivity index (χ0v) is 12.0. The minimum atomic E-state index is -1.60. The number of benzene rings is 1. The van der Waals surface area contributed by atoms with Crippen LogP contribution in [0.15, 0.2) is 12.1 Å². The molecule has 1 aromatic rings. The summed E-state index contributed by atoms with van der Waals surface area (Å²) in [6.45, 7) is 1.37. The number of aliphatic hydroxyl groups is 2. The van der Waals surface area contributed by atoms with Gasteiger partial charge >= 0.3 is 5.97 Å². The fourth-order valence-electron chi connectivity index (χ4n) is 1.72. The summed E-state index contributed by atoms with van der Waals surface area (Å²) in [5, 5.41) is 47.8. The third-order valence-corrected chi connectivity index (χ3v) is 3.61. The molecule has 0 saturated heterocycles. The molecule has 0 amide bonds. The van der Waals surface area contributed by atoms with Gasteiger partial charge in [-0.2, -0.15) is 0 Å². The Kier molecular flexibility index (Phi) is 6.01. The predicted octanol–water partition coefficient (Wildman–Crippen LogP) is 0.860. The van der Waals surface area contributed by atoms with E-state index in [0.29, 0.717) is 0 Å². The maximum absolute atomic E-state index is 10.8. The summed E-state index contributed by atoms with van der Waals surface area (Å²) < 4.78 is 0. The number of phenols is 2. The summed E-state index contributed by atoms with van der Waals surface area (Å²) in [6.07, 6.45) is -2.85. The molecule has 2 unspecified atom stereocenters. The number of hydrogen-bond donors (Lipinski definition) is 5. The first-order chi connectivity index (χ1) is 9.73. The van der Waals surface area contributed by atoms with Crippen molar-refractivity contribution < 1.29 is 35.1 Å². The van der Waals surface area contributed by atoms with Gasteiger partial charge in [0.2, 0.25) is 0 Å². The predicted molar refractivity (Wildman–Crippen MR) is 75.5 cm³/mol. The summed E-state index contributed by atoms with van der Waals surface area (Å²) in [6, 6.07) is 1.75. The minimum Gasteiger partial charge on any atom is -0.507 e. The molecular weight excluding hydrogens is 300 g/mol. The van der Waals surface area contributed by atoms with Gasteiger partial charge in [-0.15, -0.1) is 0 Å². The quantitative estimate of drug-likeness (QED) is 0.521. The van der Waals surface area contributed by atoms with Crippen LogP contribution in [0.1, 0.15) is 35.4 Å². The summed E-state index contributed by atoms with van der Waals surface area (Å²) in [4.78, 5) is 21.5. The first-order valence-electron chi connectivity index (χ1n) is 6.02. The van der Waals surface area contributed by atoms with Crippen LogP contribution in [0.4, 0.5) is 0 Å². The Labute approximate surface area is 124 Å². The van der Waals surface area contributed by atoms with E-state index < -0.39 is 29.7 Å². The van der Waals surface area contributed by atoms with Crippen molar-refractivity contribution in [3.63, 3.8) is 0 Å². The van der Waals surface area contributed by atoms with Gasteiger partial charge in [0.25, 0.3) is 0 Å². The van der Waals surface area contributed by atoms with Crippen LogP contribution in [0.5, 0.6) is 11.5 Å². The van der Waals surface area contributed by atoms with E-state index in [-0.39, 0.29) is 28.4 Å². The number of carboxylic acids is 1. The fraction of sp³-hybridized carbons (Fsp3) is 0.385. The van der Waals surface area contributed by atoms with Crippen LogP contribution in [0.3, 0.4) is 0 Å². The second-order valence-corrected chi connectivity index (χ2v) is 5.65. The summed E-state index contributed by atoms with van der Waals surface area (Å²) in [5.41, 5.74) is -0.692. The van der Waals surface area contributed by atoms with Gasteiger partial charge in [0, 0.05) is 12.7 Å². The molecule has 2 atom stereocenters. The molecule has 0 aromatic heterocycles. The number of hydrogen-bond acceptors (Lipinski definition) is 7. The summed E-state index contributed by atoms with van der Waals surface area (Å²) in [7, 11) is 0. The Morgan fingerprint density at radius 3 is 2.14 bits per heavy atom. The molecule has 0 radical (unpaired) electrons. The largest absolute Gasteiger partial charge is 0.507 e.